The van der Waals surface area contributed by atoms with Crippen LogP contribution in [0.1, 0.15) is 10.4 Å². The van der Waals surface area contributed by atoms with Gasteiger partial charge in [0, 0.05) is 6.08 Å². The van der Waals surface area contributed by atoms with Crippen molar-refractivity contribution in [1.82, 2.24) is 0 Å². The third kappa shape index (κ3) is 1.44. The van der Waals surface area contributed by atoms with Gasteiger partial charge < -0.3 is 4.74 Å². The second-order valence-electron chi connectivity index (χ2n) is 2.41. The van der Waals surface area contributed by atoms with Crippen molar-refractivity contribution in [2.75, 3.05) is 0 Å². The van der Waals surface area contributed by atoms with Crippen LogP contribution >= 0.6 is 0 Å². The highest BCUT2D eigenvalue weighted by Crippen LogP contribution is 2.11. The highest BCUT2D eigenvalue weighted by Gasteiger charge is 2.10. The maximum Gasteiger partial charge on any atom is 0.344 e. The normalized spacial score (nSPS) is 12.2. The fraction of sp³-hybridized carbons (Fsp3) is 0. The Morgan fingerprint density at radius 2 is 1.92 bits per heavy atom. The van der Waals surface area contributed by atoms with E-state index in [2.05, 4.69) is 5.73 Å². The van der Waals surface area contributed by atoms with Crippen molar-refractivity contribution in [3.63, 3.8) is 0 Å². The van der Waals surface area contributed by atoms with Gasteiger partial charge in [-0.3, -0.25) is 0 Å². The molecule has 0 radical (unpaired) electrons. The first-order chi connectivity index (χ1) is 5.86. The van der Waals surface area contributed by atoms with E-state index in [0.29, 0.717) is 11.3 Å². The van der Waals surface area contributed by atoms with Crippen molar-refractivity contribution in [3.8, 4) is 0 Å². The van der Waals surface area contributed by atoms with E-state index in [4.69, 9.17) is 4.74 Å². The second-order valence-corrected chi connectivity index (χ2v) is 2.41. The van der Waals surface area contributed by atoms with Gasteiger partial charge in [-0.15, -0.1) is 0 Å². The monoisotopic (exact) mass is 158 g/mol. The molecule has 1 aliphatic rings. The van der Waals surface area contributed by atoms with Crippen LogP contribution in [-0.4, -0.2) is 5.97 Å². The maximum atomic E-state index is 11.2. The molecule has 1 aliphatic carbocycles. The number of esters is 1. The lowest BCUT2D eigenvalue weighted by atomic mass is 10.2. The number of ether oxygens (including phenoxy) is 1. The van der Waals surface area contributed by atoms with E-state index in [1.165, 1.54) is 0 Å². The summed E-state index contributed by atoms with van der Waals surface area (Å²) >= 11 is 0. The van der Waals surface area contributed by atoms with Crippen molar-refractivity contribution in [3.05, 3.63) is 53.5 Å². The summed E-state index contributed by atoms with van der Waals surface area (Å²) in [5, 5.41) is 0. The van der Waals surface area contributed by atoms with E-state index in [1.54, 1.807) is 30.3 Å². The molecule has 0 unspecified atom stereocenters. The molecule has 1 aromatic rings. The summed E-state index contributed by atoms with van der Waals surface area (Å²) < 4.78 is 4.86. The predicted molar refractivity (Wildman–Crippen MR) is 43.5 cm³/mol. The van der Waals surface area contributed by atoms with Crippen molar-refractivity contribution in [1.29, 1.82) is 0 Å². The zero-order chi connectivity index (χ0) is 8.39. The first-order valence-electron chi connectivity index (χ1n) is 3.60. The van der Waals surface area contributed by atoms with Gasteiger partial charge in [0.25, 0.3) is 0 Å². The van der Waals surface area contributed by atoms with Gasteiger partial charge in [0.05, 0.1) is 5.56 Å². The molecule has 0 saturated carbocycles. The Balaban J connectivity index is 2.09. The smallest absolute Gasteiger partial charge is 0.344 e. The van der Waals surface area contributed by atoms with E-state index in [1.807, 2.05) is 6.07 Å². The molecule has 0 spiro atoms. The topological polar surface area (TPSA) is 26.3 Å². The van der Waals surface area contributed by atoms with Gasteiger partial charge in [-0.05, 0) is 12.1 Å². The summed E-state index contributed by atoms with van der Waals surface area (Å²) in [7, 11) is 0. The molecular weight excluding hydrogens is 152 g/mol. The van der Waals surface area contributed by atoms with Crippen molar-refractivity contribution >= 4 is 5.97 Å². The zero-order valence-electron chi connectivity index (χ0n) is 6.28. The Hall–Kier alpha value is -1.79. The summed E-state index contributed by atoms with van der Waals surface area (Å²) in [5.74, 6) is 0.204. The molecule has 0 atom stereocenters. The van der Waals surface area contributed by atoms with Gasteiger partial charge in [-0.2, -0.15) is 0 Å². The summed E-state index contributed by atoms with van der Waals surface area (Å²) in [5.41, 5.74) is 3.25. The molecule has 2 rings (SSSR count). The number of hydrogen-bond donors (Lipinski definition) is 0. The van der Waals surface area contributed by atoms with E-state index in [-0.39, 0.29) is 5.97 Å². The third-order valence-corrected chi connectivity index (χ3v) is 1.47. The summed E-state index contributed by atoms with van der Waals surface area (Å²) in [6, 6.07) is 8.87. The van der Waals surface area contributed by atoms with Gasteiger partial charge in [0.15, 0.2) is 5.76 Å². The van der Waals surface area contributed by atoms with E-state index < -0.39 is 0 Å². The summed E-state index contributed by atoms with van der Waals surface area (Å²) in [6.07, 6.45) is 1.63. The molecule has 0 heterocycles. The van der Waals surface area contributed by atoms with Gasteiger partial charge in [0.1, 0.15) is 0 Å². The average molecular weight is 158 g/mol. The molecule has 2 heteroatoms. The highest BCUT2D eigenvalue weighted by atomic mass is 16.5. The number of carbonyl (C=O) groups excluding carboxylic acids is 1. The molecule has 1 aromatic carbocycles. The largest absolute Gasteiger partial charge is 0.414 e. The summed E-state index contributed by atoms with van der Waals surface area (Å²) in [6.45, 7) is 0. The minimum atomic E-state index is -0.327. The molecule has 0 bridgehead atoms. The number of benzene rings is 1. The Bertz CT molecular complexity index is 370. The highest BCUT2D eigenvalue weighted by molar-refractivity contribution is 5.90. The fourth-order valence-electron chi connectivity index (χ4n) is 0.821. The Kier molecular flexibility index (Phi) is 1.54. The molecule has 0 aromatic heterocycles. The first kappa shape index (κ1) is 6.89. The van der Waals surface area contributed by atoms with Crippen molar-refractivity contribution < 1.29 is 9.53 Å². The Labute approximate surface area is 69.8 Å². The van der Waals surface area contributed by atoms with Gasteiger partial charge in [-0.1, -0.05) is 23.9 Å². The molecule has 12 heavy (non-hydrogen) atoms. The zero-order valence-corrected chi connectivity index (χ0v) is 6.28. The lowest BCUT2D eigenvalue weighted by molar-refractivity contribution is 0.0646. The van der Waals surface area contributed by atoms with Crippen LogP contribution in [0.2, 0.25) is 0 Å². The van der Waals surface area contributed by atoms with Gasteiger partial charge in [-0.25, -0.2) is 4.79 Å². The number of rotatable bonds is 2. The second kappa shape index (κ2) is 2.68. The van der Waals surface area contributed by atoms with Crippen LogP contribution in [0.15, 0.2) is 47.9 Å². The van der Waals surface area contributed by atoms with Gasteiger partial charge >= 0.3 is 5.97 Å². The maximum absolute atomic E-state index is 11.2. The van der Waals surface area contributed by atoms with Crippen molar-refractivity contribution in [2.45, 2.75) is 0 Å². The Morgan fingerprint density at radius 3 is 2.50 bits per heavy atom. The first-order valence-corrected chi connectivity index (χ1v) is 3.60. The molecule has 2 nitrogen and oxygen atoms in total. The van der Waals surface area contributed by atoms with Crippen LogP contribution in [0, 0.1) is 0 Å². The molecule has 0 aliphatic heterocycles. The molecular formula is C10H6O2. The van der Waals surface area contributed by atoms with Crippen LogP contribution in [0.4, 0.5) is 0 Å². The third-order valence-electron chi connectivity index (χ3n) is 1.47. The SMILES string of the molecule is O=C(OC1=C=C1)c1ccccc1. The average Bonchev–Trinajstić information content (AvgIpc) is 2.90. The Morgan fingerprint density at radius 1 is 1.25 bits per heavy atom. The number of carbonyl (C=O) groups is 1. The van der Waals surface area contributed by atoms with Crippen molar-refractivity contribution in [2.24, 2.45) is 0 Å². The number of hydrogen-bond acceptors (Lipinski definition) is 2. The lowest BCUT2D eigenvalue weighted by Crippen LogP contribution is -2.00. The molecule has 0 N–H and O–H groups in total. The van der Waals surface area contributed by atoms with Gasteiger partial charge in [0.2, 0.25) is 0 Å². The van der Waals surface area contributed by atoms with Crippen LogP contribution < -0.4 is 0 Å². The minimum Gasteiger partial charge on any atom is -0.414 e. The molecule has 58 valence electrons. The fourth-order valence-corrected chi connectivity index (χ4v) is 0.821. The predicted octanol–water partition coefficient (Wildman–Crippen LogP) is 1.90. The molecule has 0 fully saturated rings. The summed E-state index contributed by atoms with van der Waals surface area (Å²) in [4.78, 5) is 11.2. The van der Waals surface area contributed by atoms with Crippen LogP contribution in [-0.2, 0) is 4.74 Å². The quantitative estimate of drug-likeness (QED) is 0.485. The lowest BCUT2D eigenvalue weighted by Gasteiger charge is -1.97. The van der Waals surface area contributed by atoms with E-state index in [9.17, 15) is 4.79 Å². The minimum absolute atomic E-state index is 0.327. The van der Waals surface area contributed by atoms with Crippen LogP contribution in [0.25, 0.3) is 0 Å². The van der Waals surface area contributed by atoms with Crippen LogP contribution in [0.3, 0.4) is 0 Å². The molecule has 0 amide bonds. The standard InChI is InChI=1S/C10H6O2/c11-10(12-9-6-7-9)8-4-2-1-3-5-8/h1-6H. The van der Waals surface area contributed by atoms with E-state index in [0.717, 1.165) is 0 Å². The van der Waals surface area contributed by atoms with E-state index >= 15 is 0 Å². The molecule has 0 saturated heterocycles. The van der Waals surface area contributed by atoms with Crippen LogP contribution in [0.5, 0.6) is 0 Å².